The highest BCUT2D eigenvalue weighted by Gasteiger charge is 2.35. The number of ether oxygens (including phenoxy) is 1. The number of rotatable bonds is 6. The van der Waals surface area contributed by atoms with Gasteiger partial charge in [-0.05, 0) is 92.7 Å². The minimum Gasteiger partial charge on any atom is -0.488 e. The molecule has 0 unspecified atom stereocenters. The quantitative estimate of drug-likeness (QED) is 0.156. The number of fused-ring (bicyclic) bond motifs is 1. The molecule has 1 aliphatic heterocycles. The molecule has 1 saturated heterocycles. The lowest BCUT2D eigenvalue weighted by Gasteiger charge is -2.13. The molecule has 0 atom stereocenters. The maximum atomic E-state index is 13.1. The Kier molecular flexibility index (Phi) is 7.27. The van der Waals surface area contributed by atoms with E-state index in [2.05, 4.69) is 62.8 Å². The van der Waals surface area contributed by atoms with E-state index in [1.54, 1.807) is 6.08 Å². The van der Waals surface area contributed by atoms with E-state index in [4.69, 9.17) is 4.74 Å². The highest BCUT2D eigenvalue weighted by molar-refractivity contribution is 14.1. The van der Waals surface area contributed by atoms with Crippen molar-refractivity contribution in [3.8, 4) is 5.75 Å². The number of thioether (sulfide) groups is 1. The first-order chi connectivity index (χ1) is 17.0. The van der Waals surface area contributed by atoms with Crippen LogP contribution in [0.25, 0.3) is 16.8 Å². The monoisotopic (exact) mass is 655 g/mol. The van der Waals surface area contributed by atoms with Crippen LogP contribution in [-0.4, -0.2) is 16.0 Å². The van der Waals surface area contributed by atoms with Gasteiger partial charge in [0.2, 0.25) is 0 Å². The van der Waals surface area contributed by atoms with E-state index >= 15 is 0 Å². The van der Waals surface area contributed by atoms with E-state index in [1.165, 1.54) is 4.90 Å². The lowest BCUT2D eigenvalue weighted by atomic mass is 10.1. The number of carbonyl (C=O) groups is 2. The van der Waals surface area contributed by atoms with Gasteiger partial charge in [-0.3, -0.25) is 14.5 Å². The van der Waals surface area contributed by atoms with E-state index in [0.29, 0.717) is 17.3 Å². The molecule has 1 heterocycles. The molecule has 0 aliphatic carbocycles. The topological polar surface area (TPSA) is 46.6 Å². The number of imide groups is 1. The third kappa shape index (κ3) is 5.47. The highest BCUT2D eigenvalue weighted by Crippen LogP contribution is 2.36. The summed E-state index contributed by atoms with van der Waals surface area (Å²) in [6, 6.07) is 27.8. The summed E-state index contributed by atoms with van der Waals surface area (Å²) in [7, 11) is 0. The lowest BCUT2D eigenvalue weighted by Crippen LogP contribution is -2.27. The van der Waals surface area contributed by atoms with E-state index in [-0.39, 0.29) is 17.7 Å². The van der Waals surface area contributed by atoms with Crippen LogP contribution in [0.1, 0.15) is 16.7 Å². The van der Waals surface area contributed by atoms with Crippen molar-refractivity contribution in [2.45, 2.75) is 13.2 Å². The first kappa shape index (κ1) is 24.1. The van der Waals surface area contributed by atoms with Crippen LogP contribution in [0.2, 0.25) is 0 Å². The second-order valence-corrected chi connectivity index (χ2v) is 11.2. The Morgan fingerprint density at radius 3 is 2.54 bits per heavy atom. The molecule has 0 saturated carbocycles. The summed E-state index contributed by atoms with van der Waals surface area (Å²) in [6.45, 7) is 0.639. The predicted molar refractivity (Wildman–Crippen MR) is 153 cm³/mol. The van der Waals surface area contributed by atoms with Crippen molar-refractivity contribution in [3.63, 3.8) is 0 Å². The first-order valence-corrected chi connectivity index (χ1v) is 13.6. The smallest absolute Gasteiger partial charge is 0.293 e. The number of carbonyl (C=O) groups excluding carboxylic acids is 2. The third-order valence-corrected chi connectivity index (χ3v) is 7.77. The highest BCUT2D eigenvalue weighted by atomic mass is 127. The van der Waals surface area contributed by atoms with Crippen LogP contribution >= 0.6 is 50.3 Å². The van der Waals surface area contributed by atoms with Crippen molar-refractivity contribution in [2.75, 3.05) is 0 Å². The van der Waals surface area contributed by atoms with Crippen LogP contribution in [0.4, 0.5) is 4.79 Å². The molecule has 4 aromatic rings. The molecule has 0 aromatic heterocycles. The van der Waals surface area contributed by atoms with Crippen LogP contribution in [-0.2, 0) is 17.9 Å². The normalized spacial score (nSPS) is 14.8. The minimum atomic E-state index is -0.293. The SMILES string of the molecule is O=C1S/C(=C\c2cc(Br)ccc2OCc2cccc3ccccc23)C(=O)N1Cc1ccc(I)cc1. The molecule has 35 heavy (non-hydrogen) atoms. The van der Waals surface area contributed by atoms with Crippen LogP contribution in [0.15, 0.2) is 94.3 Å². The Labute approximate surface area is 229 Å². The van der Waals surface area contributed by atoms with Gasteiger partial charge in [0.15, 0.2) is 0 Å². The van der Waals surface area contributed by atoms with Crippen molar-refractivity contribution < 1.29 is 14.3 Å². The van der Waals surface area contributed by atoms with Gasteiger partial charge < -0.3 is 4.74 Å². The molecule has 4 aromatic carbocycles. The van der Waals surface area contributed by atoms with E-state index in [1.807, 2.05) is 60.7 Å². The number of halogens is 2. The Balaban J connectivity index is 1.38. The van der Waals surface area contributed by atoms with Crippen molar-refractivity contribution >= 4 is 78.3 Å². The van der Waals surface area contributed by atoms with Crippen molar-refractivity contribution in [1.82, 2.24) is 4.90 Å². The zero-order valence-corrected chi connectivity index (χ0v) is 23.0. The van der Waals surface area contributed by atoms with Gasteiger partial charge in [0.05, 0.1) is 11.4 Å². The maximum absolute atomic E-state index is 13.1. The average molecular weight is 656 g/mol. The summed E-state index contributed by atoms with van der Waals surface area (Å²) in [4.78, 5) is 27.4. The molecular weight excluding hydrogens is 637 g/mol. The van der Waals surface area contributed by atoms with Gasteiger partial charge >= 0.3 is 0 Å². The first-order valence-electron chi connectivity index (χ1n) is 10.9. The molecule has 0 bridgehead atoms. The van der Waals surface area contributed by atoms with Gasteiger partial charge in [-0.2, -0.15) is 0 Å². The third-order valence-electron chi connectivity index (χ3n) is 5.65. The van der Waals surface area contributed by atoms with Crippen molar-refractivity contribution in [2.24, 2.45) is 0 Å². The van der Waals surface area contributed by atoms with Crippen LogP contribution in [0.3, 0.4) is 0 Å². The summed E-state index contributed by atoms with van der Waals surface area (Å²) >= 11 is 6.69. The summed E-state index contributed by atoms with van der Waals surface area (Å²) in [5.41, 5.74) is 2.73. The number of hydrogen-bond donors (Lipinski definition) is 0. The van der Waals surface area contributed by atoms with Crippen molar-refractivity contribution in [1.29, 1.82) is 0 Å². The number of amides is 2. The van der Waals surface area contributed by atoms with E-state index in [0.717, 1.165) is 47.3 Å². The van der Waals surface area contributed by atoms with Gasteiger partial charge in [-0.15, -0.1) is 0 Å². The second-order valence-electron chi connectivity index (χ2n) is 8.00. The zero-order chi connectivity index (χ0) is 24.4. The van der Waals surface area contributed by atoms with Gasteiger partial charge in [0.25, 0.3) is 11.1 Å². The number of hydrogen-bond acceptors (Lipinski definition) is 4. The second kappa shape index (κ2) is 10.6. The summed E-state index contributed by atoms with van der Waals surface area (Å²) in [6.07, 6.45) is 1.74. The Morgan fingerprint density at radius 1 is 0.943 bits per heavy atom. The summed E-state index contributed by atoms with van der Waals surface area (Å²) in [5, 5.41) is 2.03. The Hall–Kier alpha value is -2.62. The molecule has 0 N–H and O–H groups in total. The lowest BCUT2D eigenvalue weighted by molar-refractivity contribution is -0.123. The van der Waals surface area contributed by atoms with Crippen molar-refractivity contribution in [3.05, 3.63) is 115 Å². The Morgan fingerprint density at radius 2 is 1.71 bits per heavy atom. The summed E-state index contributed by atoms with van der Waals surface area (Å²) in [5.74, 6) is 0.351. The minimum absolute atomic E-state index is 0.252. The fourth-order valence-electron chi connectivity index (χ4n) is 3.89. The predicted octanol–water partition coefficient (Wildman–Crippen LogP) is 8.02. The zero-order valence-electron chi connectivity index (χ0n) is 18.4. The molecule has 2 amide bonds. The van der Waals surface area contributed by atoms with E-state index in [9.17, 15) is 9.59 Å². The average Bonchev–Trinajstić information content (AvgIpc) is 3.12. The number of benzene rings is 4. The maximum Gasteiger partial charge on any atom is 0.293 e. The van der Waals surface area contributed by atoms with Gasteiger partial charge in [0, 0.05) is 13.6 Å². The van der Waals surface area contributed by atoms with Crippen LogP contribution < -0.4 is 4.74 Å². The molecular formula is C28H19BrINO3S. The molecule has 0 spiro atoms. The molecule has 7 heteroatoms. The van der Waals surface area contributed by atoms with Gasteiger partial charge in [0.1, 0.15) is 12.4 Å². The Bertz CT molecular complexity index is 1460. The molecule has 1 aliphatic rings. The molecule has 5 rings (SSSR count). The fraction of sp³-hybridized carbons (Fsp3) is 0.0714. The standard InChI is InChI=1S/C28H19BrINO3S/c29-22-10-13-25(34-17-20-6-3-5-19-4-1-2-7-24(19)20)21(14-22)15-26-27(32)31(28(33)35-26)16-18-8-11-23(30)12-9-18/h1-15H,16-17H2/b26-15-. The van der Waals surface area contributed by atoms with Gasteiger partial charge in [-0.1, -0.05) is 70.5 Å². The summed E-state index contributed by atoms with van der Waals surface area (Å²) < 4.78 is 8.17. The van der Waals surface area contributed by atoms with Crippen LogP contribution in [0, 0.1) is 3.57 Å². The molecule has 0 radical (unpaired) electrons. The van der Waals surface area contributed by atoms with Gasteiger partial charge in [-0.25, -0.2) is 0 Å². The van der Waals surface area contributed by atoms with E-state index < -0.39 is 0 Å². The van der Waals surface area contributed by atoms with Crippen LogP contribution in [0.5, 0.6) is 5.75 Å². The largest absolute Gasteiger partial charge is 0.488 e. The fourth-order valence-corrected chi connectivity index (χ4v) is 5.45. The molecule has 174 valence electrons. The molecule has 4 nitrogen and oxygen atoms in total. The molecule has 1 fully saturated rings. The number of nitrogens with zero attached hydrogens (tertiary/aromatic N) is 1.